The van der Waals surface area contributed by atoms with Crippen molar-refractivity contribution in [1.29, 1.82) is 0 Å². The average molecular weight is 428 g/mol. The fourth-order valence-corrected chi connectivity index (χ4v) is 4.25. The molecule has 5 nitrogen and oxygen atoms in total. The summed E-state index contributed by atoms with van der Waals surface area (Å²) < 4.78 is 11.4. The Balaban J connectivity index is 1.82. The zero-order chi connectivity index (χ0) is 21.0. The van der Waals surface area contributed by atoms with Crippen LogP contribution in [0, 0.1) is 0 Å². The molecule has 1 atom stereocenters. The predicted octanol–water partition coefficient (Wildman–Crippen LogP) is 4.91. The lowest BCUT2D eigenvalue weighted by atomic mass is 10.1. The van der Waals surface area contributed by atoms with E-state index in [1.54, 1.807) is 53.4 Å². The van der Waals surface area contributed by atoms with E-state index < -0.39 is 5.97 Å². The fourth-order valence-electron chi connectivity index (χ4n) is 2.79. The Morgan fingerprint density at radius 2 is 1.93 bits per heavy atom. The SMILES string of the molecule is CCC(C)N1C(=O)C(=Cc2ccc(OC(=O)c3ccccc3)c(OC)c2)SC1=S. The molecule has 0 aliphatic carbocycles. The third kappa shape index (κ3) is 4.68. The van der Waals surface area contributed by atoms with Gasteiger partial charge < -0.3 is 9.47 Å². The van der Waals surface area contributed by atoms with Crippen molar-refractivity contribution in [3.8, 4) is 11.5 Å². The van der Waals surface area contributed by atoms with Gasteiger partial charge in [-0.05, 0) is 49.2 Å². The normalized spacial score (nSPS) is 16.2. The lowest BCUT2D eigenvalue weighted by Crippen LogP contribution is -2.36. The van der Waals surface area contributed by atoms with Gasteiger partial charge in [-0.2, -0.15) is 0 Å². The maximum absolute atomic E-state index is 12.7. The summed E-state index contributed by atoms with van der Waals surface area (Å²) in [6.07, 6.45) is 2.60. The lowest BCUT2D eigenvalue weighted by molar-refractivity contribution is -0.123. The highest BCUT2D eigenvalue weighted by Crippen LogP contribution is 2.36. The van der Waals surface area contributed by atoms with Crippen LogP contribution in [0.3, 0.4) is 0 Å². The molecule has 1 fully saturated rings. The van der Waals surface area contributed by atoms with Gasteiger partial charge in [0.25, 0.3) is 5.91 Å². The lowest BCUT2D eigenvalue weighted by Gasteiger charge is -2.21. The minimum atomic E-state index is -0.467. The van der Waals surface area contributed by atoms with Crippen LogP contribution in [0.2, 0.25) is 0 Å². The fraction of sp³-hybridized carbons (Fsp3) is 0.227. The zero-order valence-electron chi connectivity index (χ0n) is 16.4. The maximum Gasteiger partial charge on any atom is 0.343 e. The van der Waals surface area contributed by atoms with Gasteiger partial charge in [-0.15, -0.1) is 0 Å². The van der Waals surface area contributed by atoms with Crippen LogP contribution in [0.1, 0.15) is 36.2 Å². The smallest absolute Gasteiger partial charge is 0.343 e. The Morgan fingerprint density at radius 3 is 2.59 bits per heavy atom. The van der Waals surface area contributed by atoms with Crippen LogP contribution in [0.4, 0.5) is 0 Å². The van der Waals surface area contributed by atoms with Crippen LogP contribution in [0.25, 0.3) is 6.08 Å². The van der Waals surface area contributed by atoms with Gasteiger partial charge in [0.2, 0.25) is 0 Å². The summed E-state index contributed by atoms with van der Waals surface area (Å²) in [6, 6.07) is 13.9. The van der Waals surface area contributed by atoms with Crippen molar-refractivity contribution >= 4 is 46.3 Å². The van der Waals surface area contributed by atoms with Crippen LogP contribution < -0.4 is 9.47 Å². The molecule has 0 radical (unpaired) electrons. The number of nitrogens with zero attached hydrogens (tertiary/aromatic N) is 1. The largest absolute Gasteiger partial charge is 0.493 e. The second kappa shape index (κ2) is 9.24. The minimum absolute atomic E-state index is 0.0581. The Hall–Kier alpha value is -2.64. The van der Waals surface area contributed by atoms with E-state index in [1.165, 1.54) is 18.9 Å². The summed E-state index contributed by atoms with van der Waals surface area (Å²) in [6.45, 7) is 4.00. The molecule has 0 bridgehead atoms. The maximum atomic E-state index is 12.7. The Kier molecular flexibility index (Phi) is 6.71. The molecule has 1 aliphatic rings. The molecule has 0 aromatic heterocycles. The van der Waals surface area contributed by atoms with Crippen molar-refractivity contribution < 1.29 is 19.1 Å². The highest BCUT2D eigenvalue weighted by molar-refractivity contribution is 8.26. The van der Waals surface area contributed by atoms with Crippen molar-refractivity contribution in [2.45, 2.75) is 26.3 Å². The molecule has 0 N–H and O–H groups in total. The van der Waals surface area contributed by atoms with Gasteiger partial charge in [-0.25, -0.2) is 4.79 Å². The first-order chi connectivity index (χ1) is 13.9. The molecular formula is C22H21NO4S2. The monoisotopic (exact) mass is 427 g/mol. The van der Waals surface area contributed by atoms with Crippen molar-refractivity contribution in [3.05, 3.63) is 64.6 Å². The molecule has 1 aliphatic heterocycles. The van der Waals surface area contributed by atoms with Gasteiger partial charge in [-0.3, -0.25) is 9.69 Å². The average Bonchev–Trinajstić information content (AvgIpc) is 3.02. The van der Waals surface area contributed by atoms with Gasteiger partial charge in [-0.1, -0.05) is 55.2 Å². The molecule has 1 heterocycles. The van der Waals surface area contributed by atoms with Crippen LogP contribution in [-0.2, 0) is 4.79 Å². The number of hydrogen-bond acceptors (Lipinski definition) is 6. The van der Waals surface area contributed by atoms with Gasteiger partial charge in [0.05, 0.1) is 17.6 Å². The second-order valence-corrected chi connectivity index (χ2v) is 8.15. The Morgan fingerprint density at radius 1 is 1.21 bits per heavy atom. The van der Waals surface area contributed by atoms with E-state index in [0.29, 0.717) is 26.3 Å². The van der Waals surface area contributed by atoms with E-state index in [2.05, 4.69) is 0 Å². The molecule has 150 valence electrons. The summed E-state index contributed by atoms with van der Waals surface area (Å²) in [5, 5.41) is 0. The number of hydrogen-bond donors (Lipinski definition) is 0. The first-order valence-electron chi connectivity index (χ1n) is 9.17. The van der Waals surface area contributed by atoms with E-state index in [-0.39, 0.29) is 11.9 Å². The summed E-state index contributed by atoms with van der Waals surface area (Å²) in [5.41, 5.74) is 1.21. The first-order valence-corrected chi connectivity index (χ1v) is 10.4. The second-order valence-electron chi connectivity index (χ2n) is 6.47. The molecule has 1 unspecified atom stereocenters. The molecule has 3 rings (SSSR count). The Labute approximate surface area is 179 Å². The van der Waals surface area contributed by atoms with Crippen LogP contribution in [-0.4, -0.2) is 34.2 Å². The molecule has 7 heteroatoms. The van der Waals surface area contributed by atoms with Gasteiger partial charge in [0.1, 0.15) is 4.32 Å². The topological polar surface area (TPSA) is 55.8 Å². The van der Waals surface area contributed by atoms with Gasteiger partial charge >= 0.3 is 5.97 Å². The van der Waals surface area contributed by atoms with Crippen LogP contribution >= 0.6 is 24.0 Å². The number of esters is 1. The van der Waals surface area contributed by atoms with E-state index >= 15 is 0 Å². The predicted molar refractivity (Wildman–Crippen MR) is 119 cm³/mol. The number of benzene rings is 2. The summed E-state index contributed by atoms with van der Waals surface area (Å²) in [4.78, 5) is 27.2. The summed E-state index contributed by atoms with van der Waals surface area (Å²) in [7, 11) is 1.50. The van der Waals surface area contributed by atoms with Crippen molar-refractivity contribution in [2.24, 2.45) is 0 Å². The van der Waals surface area contributed by atoms with Crippen molar-refractivity contribution in [3.63, 3.8) is 0 Å². The number of thioether (sulfide) groups is 1. The Bertz CT molecular complexity index is 972. The number of ether oxygens (including phenoxy) is 2. The number of methoxy groups -OCH3 is 1. The summed E-state index contributed by atoms with van der Waals surface area (Å²) in [5.74, 6) is 0.157. The van der Waals surface area contributed by atoms with Crippen LogP contribution in [0.5, 0.6) is 11.5 Å². The van der Waals surface area contributed by atoms with E-state index in [9.17, 15) is 9.59 Å². The quantitative estimate of drug-likeness (QED) is 0.282. The number of carbonyl (C=O) groups excluding carboxylic acids is 2. The molecular weight excluding hydrogens is 406 g/mol. The molecule has 29 heavy (non-hydrogen) atoms. The first kappa shape index (κ1) is 21.1. The summed E-state index contributed by atoms with van der Waals surface area (Å²) >= 11 is 6.65. The molecule has 1 amide bonds. The van der Waals surface area contributed by atoms with Gasteiger partial charge in [0.15, 0.2) is 11.5 Å². The highest BCUT2D eigenvalue weighted by Gasteiger charge is 2.34. The van der Waals surface area contributed by atoms with Crippen LogP contribution in [0.15, 0.2) is 53.4 Å². The van der Waals surface area contributed by atoms with E-state index in [1.807, 2.05) is 19.9 Å². The van der Waals surface area contributed by atoms with Crippen molar-refractivity contribution in [1.82, 2.24) is 4.90 Å². The minimum Gasteiger partial charge on any atom is -0.493 e. The number of thiocarbonyl (C=S) groups is 1. The molecule has 2 aromatic carbocycles. The number of rotatable bonds is 6. The number of carbonyl (C=O) groups is 2. The molecule has 0 saturated carbocycles. The standard InChI is InChI=1S/C22H21NO4S2/c1-4-14(2)23-20(24)19(29-22(23)28)13-15-10-11-17(18(12-15)26-3)27-21(25)16-8-6-5-7-9-16/h5-14H,4H2,1-3H3. The number of amides is 1. The van der Waals surface area contributed by atoms with Crippen molar-refractivity contribution in [2.75, 3.05) is 7.11 Å². The highest BCUT2D eigenvalue weighted by atomic mass is 32.2. The zero-order valence-corrected chi connectivity index (χ0v) is 18.0. The third-order valence-electron chi connectivity index (χ3n) is 4.55. The molecule has 2 aromatic rings. The third-order valence-corrected chi connectivity index (χ3v) is 5.88. The van der Waals surface area contributed by atoms with E-state index in [4.69, 9.17) is 21.7 Å². The molecule has 1 saturated heterocycles. The van der Waals surface area contributed by atoms with Gasteiger partial charge in [0, 0.05) is 6.04 Å². The van der Waals surface area contributed by atoms with E-state index in [0.717, 1.165) is 12.0 Å². The molecule has 0 spiro atoms.